The van der Waals surface area contributed by atoms with E-state index in [2.05, 4.69) is 63.0 Å². The third-order valence-electron chi connectivity index (χ3n) is 5.71. The first-order valence-corrected chi connectivity index (χ1v) is 9.85. The zero-order chi connectivity index (χ0) is 17.9. The van der Waals surface area contributed by atoms with Crippen molar-refractivity contribution in [2.45, 2.75) is 32.7 Å². The Morgan fingerprint density at radius 3 is 2.00 bits per heavy atom. The van der Waals surface area contributed by atoms with E-state index in [0.717, 1.165) is 56.7 Å². The molecular formula is C21H29N5. The number of hydrogen-bond donors (Lipinski definition) is 0. The number of hydrogen-bond acceptors (Lipinski definition) is 5. The minimum absolute atomic E-state index is 0.464. The quantitative estimate of drug-likeness (QED) is 0.845. The molecule has 138 valence electrons. The molecule has 1 unspecified atom stereocenters. The van der Waals surface area contributed by atoms with Gasteiger partial charge >= 0.3 is 0 Å². The fraction of sp³-hybridized carbons (Fsp3) is 0.524. The van der Waals surface area contributed by atoms with Crippen LogP contribution < -0.4 is 9.80 Å². The molecular weight excluding hydrogens is 322 g/mol. The fourth-order valence-electron chi connectivity index (χ4n) is 4.09. The lowest BCUT2D eigenvalue weighted by molar-refractivity contribution is 0.198. The molecule has 0 saturated carbocycles. The van der Waals surface area contributed by atoms with Crippen molar-refractivity contribution < 1.29 is 0 Å². The molecule has 0 spiro atoms. The summed E-state index contributed by atoms with van der Waals surface area (Å²) in [5.74, 6) is 3.07. The first-order valence-electron chi connectivity index (χ1n) is 9.85. The van der Waals surface area contributed by atoms with E-state index >= 15 is 0 Å². The molecule has 5 heteroatoms. The normalized spacial score (nSPS) is 19.8. The lowest BCUT2D eigenvalue weighted by atomic mass is 10.1. The van der Waals surface area contributed by atoms with Crippen molar-refractivity contribution in [3.63, 3.8) is 0 Å². The molecule has 2 aromatic rings. The summed E-state index contributed by atoms with van der Waals surface area (Å²) in [6.45, 7) is 10.7. The molecule has 5 nitrogen and oxygen atoms in total. The van der Waals surface area contributed by atoms with E-state index in [1.165, 1.54) is 18.4 Å². The Labute approximate surface area is 156 Å². The molecule has 2 aliphatic heterocycles. The lowest BCUT2D eigenvalue weighted by Crippen LogP contribution is -2.47. The number of benzene rings is 1. The molecule has 1 aromatic heterocycles. The first kappa shape index (κ1) is 17.3. The molecule has 0 bridgehead atoms. The number of anilines is 2. The zero-order valence-corrected chi connectivity index (χ0v) is 15.9. The molecule has 0 radical (unpaired) electrons. The van der Waals surface area contributed by atoms with Gasteiger partial charge in [-0.05, 0) is 32.3 Å². The summed E-state index contributed by atoms with van der Waals surface area (Å²) in [6.07, 6.45) is 2.54. The molecule has 0 amide bonds. The topological polar surface area (TPSA) is 35.5 Å². The van der Waals surface area contributed by atoms with Crippen molar-refractivity contribution >= 4 is 11.6 Å². The molecule has 1 atom stereocenters. The van der Waals surface area contributed by atoms with Crippen LogP contribution in [0.25, 0.3) is 0 Å². The Hall–Kier alpha value is -2.14. The van der Waals surface area contributed by atoms with Gasteiger partial charge in [0.1, 0.15) is 17.5 Å². The van der Waals surface area contributed by atoms with E-state index in [4.69, 9.17) is 4.98 Å². The van der Waals surface area contributed by atoms with E-state index in [1.54, 1.807) is 0 Å². The largest absolute Gasteiger partial charge is 0.356 e. The maximum absolute atomic E-state index is 4.73. The van der Waals surface area contributed by atoms with Crippen LogP contribution in [0.15, 0.2) is 36.4 Å². The van der Waals surface area contributed by atoms with E-state index < -0.39 is 0 Å². The summed E-state index contributed by atoms with van der Waals surface area (Å²) in [5.41, 5.74) is 1.40. The van der Waals surface area contributed by atoms with Crippen molar-refractivity contribution in [2.75, 3.05) is 49.1 Å². The maximum atomic E-state index is 4.73. The highest BCUT2D eigenvalue weighted by molar-refractivity contribution is 5.51. The zero-order valence-electron chi connectivity index (χ0n) is 15.9. The van der Waals surface area contributed by atoms with Gasteiger partial charge in [-0.15, -0.1) is 0 Å². The van der Waals surface area contributed by atoms with E-state index in [0.29, 0.717) is 6.04 Å². The van der Waals surface area contributed by atoms with Gasteiger partial charge in [-0.25, -0.2) is 9.97 Å². The molecule has 0 aliphatic carbocycles. The van der Waals surface area contributed by atoms with Crippen LogP contribution >= 0.6 is 0 Å². The first-order chi connectivity index (χ1) is 12.7. The van der Waals surface area contributed by atoms with Crippen LogP contribution in [0.1, 0.15) is 37.2 Å². The van der Waals surface area contributed by atoms with Crippen LogP contribution in [-0.4, -0.2) is 54.1 Å². The molecule has 26 heavy (non-hydrogen) atoms. The summed E-state index contributed by atoms with van der Waals surface area (Å²) < 4.78 is 0. The summed E-state index contributed by atoms with van der Waals surface area (Å²) in [4.78, 5) is 16.8. The van der Waals surface area contributed by atoms with Crippen LogP contribution in [0.3, 0.4) is 0 Å². The van der Waals surface area contributed by atoms with Gasteiger partial charge < -0.3 is 9.80 Å². The van der Waals surface area contributed by atoms with Gasteiger partial charge in [0, 0.05) is 51.4 Å². The Balaban J connectivity index is 1.43. The fourth-order valence-corrected chi connectivity index (χ4v) is 4.09. The van der Waals surface area contributed by atoms with Crippen molar-refractivity contribution in [3.8, 4) is 0 Å². The second kappa shape index (κ2) is 7.62. The Bertz CT molecular complexity index is 718. The summed E-state index contributed by atoms with van der Waals surface area (Å²) >= 11 is 0. The van der Waals surface area contributed by atoms with Crippen LogP contribution in [-0.2, 0) is 0 Å². The van der Waals surface area contributed by atoms with Gasteiger partial charge in [0.15, 0.2) is 0 Å². The van der Waals surface area contributed by atoms with Crippen LogP contribution in [0.2, 0.25) is 0 Å². The highest BCUT2D eigenvalue weighted by Crippen LogP contribution is 2.26. The molecule has 2 aliphatic rings. The molecule has 2 fully saturated rings. The van der Waals surface area contributed by atoms with Gasteiger partial charge in [-0.1, -0.05) is 30.3 Å². The monoisotopic (exact) mass is 351 g/mol. The van der Waals surface area contributed by atoms with E-state index in [1.807, 2.05) is 6.92 Å². The van der Waals surface area contributed by atoms with Crippen molar-refractivity contribution in [2.24, 2.45) is 0 Å². The Kier molecular flexibility index (Phi) is 5.07. The molecule has 0 N–H and O–H groups in total. The standard InChI is InChI=1S/C21H29N5/c1-17(19-8-4-3-5-9-19)24-12-14-26(15-13-24)21-16-20(22-18(2)23-21)25-10-6-7-11-25/h3-5,8-9,16-17H,6-7,10-15H2,1-2H3. The van der Waals surface area contributed by atoms with Crippen LogP contribution in [0, 0.1) is 6.92 Å². The number of piperazine rings is 1. The maximum Gasteiger partial charge on any atom is 0.134 e. The summed E-state index contributed by atoms with van der Waals surface area (Å²) in [6, 6.07) is 13.5. The number of aryl methyl sites for hydroxylation is 1. The third kappa shape index (κ3) is 3.68. The third-order valence-corrected chi connectivity index (χ3v) is 5.71. The molecule has 2 saturated heterocycles. The van der Waals surface area contributed by atoms with Crippen LogP contribution in [0.4, 0.5) is 11.6 Å². The Morgan fingerprint density at radius 1 is 0.808 bits per heavy atom. The lowest BCUT2D eigenvalue weighted by Gasteiger charge is -2.39. The number of rotatable bonds is 4. The van der Waals surface area contributed by atoms with Gasteiger partial charge in [0.05, 0.1) is 0 Å². The molecule has 4 rings (SSSR count). The van der Waals surface area contributed by atoms with Gasteiger partial charge in [-0.3, -0.25) is 4.90 Å². The van der Waals surface area contributed by atoms with E-state index in [9.17, 15) is 0 Å². The number of nitrogens with zero attached hydrogens (tertiary/aromatic N) is 5. The summed E-state index contributed by atoms with van der Waals surface area (Å²) in [5, 5.41) is 0. The van der Waals surface area contributed by atoms with Crippen molar-refractivity contribution in [3.05, 3.63) is 47.8 Å². The van der Waals surface area contributed by atoms with Gasteiger partial charge in [0.2, 0.25) is 0 Å². The highest BCUT2D eigenvalue weighted by Gasteiger charge is 2.24. The highest BCUT2D eigenvalue weighted by atomic mass is 15.3. The predicted octanol–water partition coefficient (Wildman–Crippen LogP) is 3.27. The number of aromatic nitrogens is 2. The average Bonchev–Trinajstić information content (AvgIpc) is 3.23. The van der Waals surface area contributed by atoms with Gasteiger partial charge in [0.25, 0.3) is 0 Å². The summed E-state index contributed by atoms with van der Waals surface area (Å²) in [7, 11) is 0. The van der Waals surface area contributed by atoms with E-state index in [-0.39, 0.29) is 0 Å². The Morgan fingerprint density at radius 2 is 1.38 bits per heavy atom. The smallest absolute Gasteiger partial charge is 0.134 e. The van der Waals surface area contributed by atoms with Gasteiger partial charge in [-0.2, -0.15) is 0 Å². The molecule has 3 heterocycles. The van der Waals surface area contributed by atoms with Crippen molar-refractivity contribution in [1.82, 2.24) is 14.9 Å². The predicted molar refractivity (Wildman–Crippen MR) is 107 cm³/mol. The van der Waals surface area contributed by atoms with Crippen molar-refractivity contribution in [1.29, 1.82) is 0 Å². The molecule has 1 aromatic carbocycles. The SMILES string of the molecule is Cc1nc(N2CCCC2)cc(N2CCN(C(C)c3ccccc3)CC2)n1. The van der Waals surface area contributed by atoms with Crippen LogP contribution in [0.5, 0.6) is 0 Å². The minimum atomic E-state index is 0.464. The second-order valence-electron chi connectivity index (χ2n) is 7.44. The second-order valence-corrected chi connectivity index (χ2v) is 7.44. The average molecular weight is 351 g/mol. The minimum Gasteiger partial charge on any atom is -0.356 e.